The van der Waals surface area contributed by atoms with E-state index in [0.717, 1.165) is 18.6 Å². The second-order valence-electron chi connectivity index (χ2n) is 4.20. The van der Waals surface area contributed by atoms with Gasteiger partial charge in [-0.3, -0.25) is 0 Å². The minimum atomic E-state index is -0.357. The van der Waals surface area contributed by atoms with E-state index >= 15 is 0 Å². The molecule has 16 heavy (non-hydrogen) atoms. The molecule has 2 rings (SSSR count). The van der Waals surface area contributed by atoms with Gasteiger partial charge in [0.25, 0.3) is 0 Å². The molecule has 1 fully saturated rings. The van der Waals surface area contributed by atoms with Crippen molar-refractivity contribution in [2.45, 2.75) is 24.5 Å². The molecular weight excluding hydrogens is 204 g/mol. The lowest BCUT2D eigenvalue weighted by atomic mass is 9.74. The summed E-state index contributed by atoms with van der Waals surface area (Å²) in [5.41, 5.74) is 1.32. The Labute approximate surface area is 96.3 Å². The molecule has 0 aromatic heterocycles. The van der Waals surface area contributed by atoms with Gasteiger partial charge in [0.05, 0.1) is 7.11 Å². The second-order valence-corrected chi connectivity index (χ2v) is 4.20. The van der Waals surface area contributed by atoms with E-state index in [0.29, 0.717) is 5.92 Å². The van der Waals surface area contributed by atoms with E-state index in [4.69, 9.17) is 14.2 Å². The number of hydrogen-bond acceptors (Lipinski definition) is 3. The summed E-state index contributed by atoms with van der Waals surface area (Å²) in [5, 5.41) is 0. The van der Waals surface area contributed by atoms with Crippen molar-refractivity contribution in [3.8, 4) is 5.75 Å². The Bertz CT molecular complexity index is 333. The standard InChI is InChI=1S/C13H18O3/c1-14-12-6-4-10(5-7-12)11-8-13(9-11,15-2)16-3/h4-7,11H,8-9H2,1-3H3. The highest BCUT2D eigenvalue weighted by atomic mass is 16.7. The van der Waals surface area contributed by atoms with Crippen LogP contribution in [-0.2, 0) is 9.47 Å². The maximum Gasteiger partial charge on any atom is 0.168 e. The lowest BCUT2D eigenvalue weighted by Gasteiger charge is -2.45. The Morgan fingerprint density at radius 1 is 1.00 bits per heavy atom. The molecule has 3 heteroatoms. The van der Waals surface area contributed by atoms with E-state index in [-0.39, 0.29) is 5.79 Å². The number of methoxy groups -OCH3 is 3. The van der Waals surface area contributed by atoms with Gasteiger partial charge in [0.2, 0.25) is 0 Å². The number of benzene rings is 1. The Balaban J connectivity index is 2.00. The van der Waals surface area contributed by atoms with Crippen LogP contribution in [0.1, 0.15) is 24.3 Å². The quantitative estimate of drug-likeness (QED) is 0.733. The molecule has 0 N–H and O–H groups in total. The summed E-state index contributed by atoms with van der Waals surface area (Å²) in [7, 11) is 5.08. The second kappa shape index (κ2) is 4.44. The fourth-order valence-corrected chi connectivity index (χ4v) is 2.22. The molecule has 1 aliphatic carbocycles. The average Bonchev–Trinajstić information content (AvgIpc) is 2.30. The van der Waals surface area contributed by atoms with Crippen LogP contribution in [0.5, 0.6) is 5.75 Å². The predicted octanol–water partition coefficient (Wildman–Crippen LogP) is 2.56. The molecule has 0 aliphatic heterocycles. The molecular formula is C13H18O3. The molecule has 0 unspecified atom stereocenters. The Morgan fingerprint density at radius 2 is 1.56 bits per heavy atom. The zero-order valence-electron chi connectivity index (χ0n) is 10.0. The third-order valence-electron chi connectivity index (χ3n) is 3.45. The Kier molecular flexibility index (Phi) is 3.17. The highest BCUT2D eigenvalue weighted by Crippen LogP contribution is 2.47. The van der Waals surface area contributed by atoms with Gasteiger partial charge < -0.3 is 14.2 Å². The monoisotopic (exact) mass is 222 g/mol. The van der Waals surface area contributed by atoms with Crippen LogP contribution in [0.15, 0.2) is 24.3 Å². The number of rotatable bonds is 4. The third kappa shape index (κ3) is 1.93. The molecule has 1 aromatic carbocycles. The summed E-state index contributed by atoms with van der Waals surface area (Å²) in [5.74, 6) is 1.07. The van der Waals surface area contributed by atoms with Gasteiger partial charge in [0, 0.05) is 27.1 Å². The summed E-state index contributed by atoms with van der Waals surface area (Å²) >= 11 is 0. The van der Waals surface area contributed by atoms with Crippen molar-refractivity contribution >= 4 is 0 Å². The van der Waals surface area contributed by atoms with Gasteiger partial charge in [-0.05, 0) is 23.6 Å². The molecule has 0 atom stereocenters. The molecule has 88 valence electrons. The molecule has 0 amide bonds. The van der Waals surface area contributed by atoms with Crippen LogP contribution in [0.3, 0.4) is 0 Å². The van der Waals surface area contributed by atoms with Crippen LogP contribution < -0.4 is 4.74 Å². The third-order valence-corrected chi connectivity index (χ3v) is 3.45. The van der Waals surface area contributed by atoms with E-state index in [1.165, 1.54) is 5.56 Å². The van der Waals surface area contributed by atoms with Crippen molar-refractivity contribution in [2.75, 3.05) is 21.3 Å². The maximum atomic E-state index is 5.37. The molecule has 0 bridgehead atoms. The molecule has 0 heterocycles. The lowest BCUT2D eigenvalue weighted by Crippen LogP contribution is -2.45. The molecule has 1 saturated carbocycles. The molecule has 0 radical (unpaired) electrons. The van der Waals surface area contributed by atoms with Gasteiger partial charge in [-0.25, -0.2) is 0 Å². The smallest absolute Gasteiger partial charge is 0.168 e. The van der Waals surface area contributed by atoms with Crippen molar-refractivity contribution in [3.63, 3.8) is 0 Å². The minimum Gasteiger partial charge on any atom is -0.497 e. The van der Waals surface area contributed by atoms with Gasteiger partial charge in [-0.2, -0.15) is 0 Å². The largest absolute Gasteiger partial charge is 0.497 e. The van der Waals surface area contributed by atoms with E-state index in [1.807, 2.05) is 12.1 Å². The van der Waals surface area contributed by atoms with Gasteiger partial charge in [0.1, 0.15) is 5.75 Å². The zero-order valence-corrected chi connectivity index (χ0v) is 10.0. The van der Waals surface area contributed by atoms with Crippen LogP contribution in [0, 0.1) is 0 Å². The van der Waals surface area contributed by atoms with Gasteiger partial charge >= 0.3 is 0 Å². The maximum absolute atomic E-state index is 5.37. The Morgan fingerprint density at radius 3 is 2.00 bits per heavy atom. The fourth-order valence-electron chi connectivity index (χ4n) is 2.22. The average molecular weight is 222 g/mol. The zero-order chi connectivity index (χ0) is 11.6. The SMILES string of the molecule is COc1ccc(C2CC(OC)(OC)C2)cc1. The van der Waals surface area contributed by atoms with Crippen LogP contribution in [0.25, 0.3) is 0 Å². The van der Waals surface area contributed by atoms with Gasteiger partial charge in [-0.1, -0.05) is 12.1 Å². The minimum absolute atomic E-state index is 0.357. The summed E-state index contributed by atoms with van der Waals surface area (Å²) < 4.78 is 15.9. The number of hydrogen-bond donors (Lipinski definition) is 0. The van der Waals surface area contributed by atoms with Crippen LogP contribution >= 0.6 is 0 Å². The van der Waals surface area contributed by atoms with Crippen molar-refractivity contribution in [1.29, 1.82) is 0 Å². The molecule has 0 saturated heterocycles. The van der Waals surface area contributed by atoms with Gasteiger partial charge in [-0.15, -0.1) is 0 Å². The van der Waals surface area contributed by atoms with Crippen molar-refractivity contribution < 1.29 is 14.2 Å². The van der Waals surface area contributed by atoms with E-state index in [2.05, 4.69) is 12.1 Å². The first-order valence-electron chi connectivity index (χ1n) is 5.47. The van der Waals surface area contributed by atoms with E-state index in [9.17, 15) is 0 Å². The number of ether oxygens (including phenoxy) is 3. The first-order valence-corrected chi connectivity index (χ1v) is 5.47. The normalized spacial score (nSPS) is 19.2. The highest BCUT2D eigenvalue weighted by molar-refractivity contribution is 5.31. The van der Waals surface area contributed by atoms with Crippen LogP contribution in [0.4, 0.5) is 0 Å². The lowest BCUT2D eigenvalue weighted by molar-refractivity contribution is -0.257. The van der Waals surface area contributed by atoms with Crippen molar-refractivity contribution in [2.24, 2.45) is 0 Å². The molecule has 3 nitrogen and oxygen atoms in total. The topological polar surface area (TPSA) is 27.7 Å². The van der Waals surface area contributed by atoms with Gasteiger partial charge in [0.15, 0.2) is 5.79 Å². The summed E-state index contributed by atoms with van der Waals surface area (Å²) in [4.78, 5) is 0. The van der Waals surface area contributed by atoms with Crippen LogP contribution in [-0.4, -0.2) is 27.1 Å². The van der Waals surface area contributed by atoms with E-state index < -0.39 is 0 Å². The predicted molar refractivity (Wildman–Crippen MR) is 61.7 cm³/mol. The highest BCUT2D eigenvalue weighted by Gasteiger charge is 2.45. The molecule has 1 aliphatic rings. The summed E-state index contributed by atoms with van der Waals surface area (Å²) in [6.45, 7) is 0. The van der Waals surface area contributed by atoms with Crippen LogP contribution in [0.2, 0.25) is 0 Å². The Hall–Kier alpha value is -1.06. The fraction of sp³-hybridized carbons (Fsp3) is 0.538. The molecule has 1 aromatic rings. The van der Waals surface area contributed by atoms with Crippen molar-refractivity contribution in [3.05, 3.63) is 29.8 Å². The summed E-state index contributed by atoms with van der Waals surface area (Å²) in [6, 6.07) is 8.21. The summed E-state index contributed by atoms with van der Waals surface area (Å²) in [6.07, 6.45) is 1.85. The van der Waals surface area contributed by atoms with E-state index in [1.54, 1.807) is 21.3 Å². The molecule has 0 spiro atoms. The van der Waals surface area contributed by atoms with Crippen molar-refractivity contribution in [1.82, 2.24) is 0 Å². The first kappa shape index (κ1) is 11.4. The first-order chi connectivity index (χ1) is 7.73.